The van der Waals surface area contributed by atoms with Gasteiger partial charge in [-0.25, -0.2) is 0 Å². The standard InChI is InChI=1S/C28H24O2S4/c1-2-20-7-9-21(10-8-20)13-16-24(34-28(30)26-6-4-18-32-26)23-14-11-22(12-15-23)19-33-27(29)25-5-3-17-31-25/h2-12,14-15,17-18,24H,1,13,16,19H2. The Kier molecular flexibility index (Phi) is 8.99. The maximum atomic E-state index is 12.9. The summed E-state index contributed by atoms with van der Waals surface area (Å²) < 4.78 is 0. The molecule has 0 spiro atoms. The molecule has 1 atom stereocenters. The summed E-state index contributed by atoms with van der Waals surface area (Å²) in [6.07, 6.45) is 3.59. The van der Waals surface area contributed by atoms with Crippen LogP contribution in [0.1, 0.15) is 53.3 Å². The molecule has 4 rings (SSSR count). The van der Waals surface area contributed by atoms with Crippen molar-refractivity contribution in [2.45, 2.75) is 23.8 Å². The van der Waals surface area contributed by atoms with Gasteiger partial charge in [-0.2, -0.15) is 0 Å². The maximum absolute atomic E-state index is 12.9. The number of carbonyl (C=O) groups excluding carboxylic acids is 2. The minimum Gasteiger partial charge on any atom is -0.281 e. The molecule has 0 bridgehead atoms. The molecule has 4 aromatic rings. The fourth-order valence-corrected chi connectivity index (χ4v) is 6.83. The Hall–Kier alpha value is -2.38. The van der Waals surface area contributed by atoms with E-state index in [1.165, 1.54) is 51.8 Å². The highest BCUT2D eigenvalue weighted by Gasteiger charge is 2.19. The smallest absolute Gasteiger partial charge is 0.229 e. The Balaban J connectivity index is 1.43. The number of hydrogen-bond acceptors (Lipinski definition) is 6. The lowest BCUT2D eigenvalue weighted by molar-refractivity contribution is 0.108. The number of carbonyl (C=O) groups is 2. The van der Waals surface area contributed by atoms with Crippen LogP contribution in [0.4, 0.5) is 0 Å². The van der Waals surface area contributed by atoms with Crippen LogP contribution in [0.5, 0.6) is 0 Å². The first kappa shape index (κ1) is 24.7. The highest BCUT2D eigenvalue weighted by molar-refractivity contribution is 8.14. The molecule has 1 unspecified atom stereocenters. The number of aryl methyl sites for hydroxylation is 1. The third kappa shape index (κ3) is 6.83. The Morgan fingerprint density at radius 3 is 2.03 bits per heavy atom. The monoisotopic (exact) mass is 520 g/mol. The van der Waals surface area contributed by atoms with Gasteiger partial charge in [-0.05, 0) is 58.0 Å². The first-order chi connectivity index (χ1) is 16.6. The molecule has 0 N–H and O–H groups in total. The summed E-state index contributed by atoms with van der Waals surface area (Å²) in [4.78, 5) is 26.7. The molecule has 0 aliphatic heterocycles. The third-order valence-electron chi connectivity index (χ3n) is 5.33. The highest BCUT2D eigenvalue weighted by Crippen LogP contribution is 2.37. The third-order valence-corrected chi connectivity index (χ3v) is 9.51. The second kappa shape index (κ2) is 12.4. The van der Waals surface area contributed by atoms with Crippen LogP contribution in [0.25, 0.3) is 6.08 Å². The van der Waals surface area contributed by atoms with Gasteiger partial charge in [0.15, 0.2) is 0 Å². The first-order valence-corrected chi connectivity index (χ1v) is 14.5. The van der Waals surface area contributed by atoms with Gasteiger partial charge in [-0.3, -0.25) is 9.59 Å². The van der Waals surface area contributed by atoms with Crippen LogP contribution in [0.15, 0.2) is 90.1 Å². The van der Waals surface area contributed by atoms with Crippen LogP contribution in [0.3, 0.4) is 0 Å². The lowest BCUT2D eigenvalue weighted by Crippen LogP contribution is -2.02. The van der Waals surface area contributed by atoms with Crippen molar-refractivity contribution in [3.05, 3.63) is 122 Å². The lowest BCUT2D eigenvalue weighted by atomic mass is 10.0. The van der Waals surface area contributed by atoms with Crippen LogP contribution < -0.4 is 0 Å². The van der Waals surface area contributed by atoms with Crippen molar-refractivity contribution < 1.29 is 9.59 Å². The molecule has 0 aliphatic carbocycles. The molecule has 6 heteroatoms. The summed E-state index contributed by atoms with van der Waals surface area (Å²) in [6.45, 7) is 3.81. The summed E-state index contributed by atoms with van der Waals surface area (Å²) >= 11 is 5.69. The molecule has 172 valence electrons. The van der Waals surface area contributed by atoms with Crippen LogP contribution in [0.2, 0.25) is 0 Å². The summed E-state index contributed by atoms with van der Waals surface area (Å²) in [7, 11) is 0. The molecule has 0 saturated heterocycles. The van der Waals surface area contributed by atoms with Gasteiger partial charge in [-0.15, -0.1) is 22.7 Å². The van der Waals surface area contributed by atoms with Gasteiger partial charge in [-0.1, -0.05) is 96.8 Å². The van der Waals surface area contributed by atoms with Gasteiger partial charge < -0.3 is 0 Å². The predicted octanol–water partition coefficient (Wildman–Crippen LogP) is 8.77. The molecule has 34 heavy (non-hydrogen) atoms. The summed E-state index contributed by atoms with van der Waals surface area (Å²) in [5.41, 5.74) is 4.59. The van der Waals surface area contributed by atoms with E-state index in [2.05, 4.69) is 55.1 Å². The molecule has 0 aliphatic rings. The van der Waals surface area contributed by atoms with Gasteiger partial charge in [0.2, 0.25) is 10.2 Å². The lowest BCUT2D eigenvalue weighted by Gasteiger charge is -2.17. The second-order valence-electron chi connectivity index (χ2n) is 7.65. The zero-order valence-corrected chi connectivity index (χ0v) is 21.8. The van der Waals surface area contributed by atoms with E-state index >= 15 is 0 Å². The van der Waals surface area contributed by atoms with Crippen LogP contribution in [-0.4, -0.2) is 10.2 Å². The molecule has 2 nitrogen and oxygen atoms in total. The fourth-order valence-electron chi connectivity index (χ4n) is 3.44. The Bertz CT molecular complexity index is 1210. The maximum Gasteiger partial charge on any atom is 0.229 e. The van der Waals surface area contributed by atoms with Crippen LogP contribution in [-0.2, 0) is 12.2 Å². The van der Waals surface area contributed by atoms with Crippen molar-refractivity contribution in [2.75, 3.05) is 0 Å². The van der Waals surface area contributed by atoms with E-state index < -0.39 is 0 Å². The molecule has 2 aromatic carbocycles. The number of thioether (sulfide) groups is 2. The van der Waals surface area contributed by atoms with Gasteiger partial charge in [0.25, 0.3) is 0 Å². The molecule has 2 aromatic heterocycles. The van der Waals surface area contributed by atoms with E-state index in [4.69, 9.17) is 0 Å². The van der Waals surface area contributed by atoms with Crippen molar-refractivity contribution in [1.29, 1.82) is 0 Å². The molecule has 0 amide bonds. The fraction of sp³-hybridized carbons (Fsp3) is 0.143. The minimum atomic E-state index is 0.0585. The number of benzene rings is 2. The molecule has 0 radical (unpaired) electrons. The van der Waals surface area contributed by atoms with Crippen molar-refractivity contribution in [3.8, 4) is 0 Å². The van der Waals surface area contributed by atoms with E-state index in [0.717, 1.165) is 39.3 Å². The van der Waals surface area contributed by atoms with Crippen molar-refractivity contribution >= 4 is 62.5 Å². The zero-order valence-electron chi connectivity index (χ0n) is 18.5. The Labute approximate surface area is 217 Å². The Morgan fingerprint density at radius 1 is 0.824 bits per heavy atom. The van der Waals surface area contributed by atoms with Crippen molar-refractivity contribution in [2.24, 2.45) is 0 Å². The number of thiophene rings is 2. The van der Waals surface area contributed by atoms with Crippen LogP contribution >= 0.6 is 46.2 Å². The zero-order chi connectivity index (χ0) is 23.8. The van der Waals surface area contributed by atoms with Gasteiger partial charge >= 0.3 is 0 Å². The number of rotatable bonds is 10. The summed E-state index contributed by atoms with van der Waals surface area (Å²) in [5.74, 6) is 0.638. The Morgan fingerprint density at radius 2 is 1.44 bits per heavy atom. The second-order valence-corrected chi connectivity index (χ2v) is 11.7. The molecule has 0 saturated carbocycles. The van der Waals surface area contributed by atoms with Gasteiger partial charge in [0.05, 0.1) is 9.75 Å². The molecule has 2 heterocycles. The van der Waals surface area contributed by atoms with Crippen molar-refractivity contribution in [1.82, 2.24) is 0 Å². The van der Waals surface area contributed by atoms with Crippen molar-refractivity contribution in [3.63, 3.8) is 0 Å². The number of hydrogen-bond donors (Lipinski definition) is 0. The van der Waals surface area contributed by atoms with Crippen LogP contribution in [0, 0.1) is 0 Å². The normalized spacial score (nSPS) is 11.8. The molecular weight excluding hydrogens is 497 g/mol. The average Bonchev–Trinajstić information content (AvgIpc) is 3.61. The van der Waals surface area contributed by atoms with E-state index in [1.807, 2.05) is 41.1 Å². The quantitative estimate of drug-likeness (QED) is 0.209. The summed E-state index contributed by atoms with van der Waals surface area (Å²) in [5, 5.41) is 4.14. The van der Waals surface area contributed by atoms with Gasteiger partial charge in [0.1, 0.15) is 0 Å². The topological polar surface area (TPSA) is 34.1 Å². The molecule has 0 fully saturated rings. The van der Waals surface area contributed by atoms with E-state index in [0.29, 0.717) is 5.75 Å². The highest BCUT2D eigenvalue weighted by atomic mass is 32.2. The van der Waals surface area contributed by atoms with E-state index in [1.54, 1.807) is 0 Å². The first-order valence-electron chi connectivity index (χ1n) is 10.9. The van der Waals surface area contributed by atoms with E-state index in [-0.39, 0.29) is 15.5 Å². The van der Waals surface area contributed by atoms with E-state index in [9.17, 15) is 9.59 Å². The largest absolute Gasteiger partial charge is 0.281 e. The predicted molar refractivity (Wildman–Crippen MR) is 150 cm³/mol. The summed E-state index contributed by atoms with van der Waals surface area (Å²) in [6, 6.07) is 24.3. The van der Waals surface area contributed by atoms with Gasteiger partial charge in [0, 0.05) is 11.0 Å². The average molecular weight is 521 g/mol. The molecular formula is C28H24O2S4. The SMILES string of the molecule is C=Cc1ccc(CCC(SC(=O)c2cccs2)c2ccc(CSC(=O)c3cccs3)cc2)cc1. The minimum absolute atomic E-state index is 0.0585.